The summed E-state index contributed by atoms with van der Waals surface area (Å²) in [5.74, 6) is 1.00. The summed E-state index contributed by atoms with van der Waals surface area (Å²) in [5, 5.41) is 0. The third-order valence-electron chi connectivity index (χ3n) is 3.23. The van der Waals surface area contributed by atoms with E-state index in [9.17, 15) is 0 Å². The maximum absolute atomic E-state index is 4.58. The molecule has 18 heavy (non-hydrogen) atoms. The monoisotopic (exact) mass is 243 g/mol. The minimum atomic E-state index is 0.968. The van der Waals surface area contributed by atoms with Crippen molar-refractivity contribution in [2.24, 2.45) is 0 Å². The van der Waals surface area contributed by atoms with Crippen LogP contribution in [0.3, 0.4) is 0 Å². The predicted octanol–water partition coefficient (Wildman–Crippen LogP) is 3.02. The molecule has 0 atom stereocenters. The van der Waals surface area contributed by atoms with Crippen molar-refractivity contribution in [1.82, 2.24) is 14.5 Å². The molecule has 0 aliphatic rings. The second-order valence-corrected chi connectivity index (χ2v) is 4.47. The molecule has 96 valence electrons. The molecule has 0 saturated carbocycles. The molecule has 0 N–H and O–H groups in total. The molecular formula is C15H21N3. The van der Waals surface area contributed by atoms with Gasteiger partial charge in [-0.1, -0.05) is 19.9 Å². The van der Waals surface area contributed by atoms with Crippen molar-refractivity contribution in [2.45, 2.75) is 27.3 Å². The number of aryl methyl sites for hydroxylation is 1. The van der Waals surface area contributed by atoms with E-state index >= 15 is 0 Å². The Morgan fingerprint density at radius 2 is 1.89 bits per heavy atom. The Morgan fingerprint density at radius 1 is 1.11 bits per heavy atom. The van der Waals surface area contributed by atoms with Gasteiger partial charge in [0.25, 0.3) is 0 Å². The molecule has 3 heteroatoms. The Bertz CT molecular complexity index is 498. The maximum atomic E-state index is 4.58. The minimum absolute atomic E-state index is 0.968. The van der Waals surface area contributed by atoms with Crippen LogP contribution in [0.4, 0.5) is 0 Å². The summed E-state index contributed by atoms with van der Waals surface area (Å²) in [7, 11) is 0. The highest BCUT2D eigenvalue weighted by Crippen LogP contribution is 2.13. The third-order valence-corrected chi connectivity index (χ3v) is 3.23. The van der Waals surface area contributed by atoms with Gasteiger partial charge in [-0.2, -0.15) is 0 Å². The number of pyridine rings is 1. The molecule has 0 aliphatic carbocycles. The summed E-state index contributed by atoms with van der Waals surface area (Å²) in [5.41, 5.74) is 2.34. The highest BCUT2D eigenvalue weighted by atomic mass is 15.1. The number of hydrogen-bond acceptors (Lipinski definition) is 2. The standard InChI is InChI=1S/C15H21N3/c1-4-17(5-2)12-14-9-7-11-18(14)15-10-6-8-13(3)16-15/h6-11H,4-5,12H2,1-3H3. The van der Waals surface area contributed by atoms with E-state index < -0.39 is 0 Å². The number of hydrogen-bond donors (Lipinski definition) is 0. The van der Waals surface area contributed by atoms with Crippen molar-refractivity contribution in [2.75, 3.05) is 13.1 Å². The summed E-state index contributed by atoms with van der Waals surface area (Å²) in [6.45, 7) is 9.53. The maximum Gasteiger partial charge on any atom is 0.137 e. The molecule has 0 unspecified atom stereocenters. The lowest BCUT2D eigenvalue weighted by Crippen LogP contribution is -2.23. The van der Waals surface area contributed by atoms with E-state index in [0.29, 0.717) is 0 Å². The van der Waals surface area contributed by atoms with Crippen molar-refractivity contribution in [3.05, 3.63) is 47.9 Å². The van der Waals surface area contributed by atoms with Crippen LogP contribution in [0.2, 0.25) is 0 Å². The van der Waals surface area contributed by atoms with Crippen LogP contribution in [0.1, 0.15) is 25.2 Å². The first-order valence-electron chi connectivity index (χ1n) is 6.57. The zero-order valence-corrected chi connectivity index (χ0v) is 11.4. The highest BCUT2D eigenvalue weighted by molar-refractivity contribution is 5.29. The molecule has 2 rings (SSSR count). The highest BCUT2D eigenvalue weighted by Gasteiger charge is 2.07. The molecule has 0 amide bonds. The average molecular weight is 243 g/mol. The van der Waals surface area contributed by atoms with Gasteiger partial charge in [0.15, 0.2) is 0 Å². The molecule has 0 bridgehead atoms. The van der Waals surface area contributed by atoms with E-state index in [0.717, 1.165) is 31.1 Å². The van der Waals surface area contributed by atoms with Crippen LogP contribution in [-0.4, -0.2) is 27.5 Å². The number of nitrogens with zero attached hydrogens (tertiary/aromatic N) is 3. The summed E-state index contributed by atoms with van der Waals surface area (Å²) >= 11 is 0. The van der Waals surface area contributed by atoms with Crippen LogP contribution in [0.15, 0.2) is 36.5 Å². The van der Waals surface area contributed by atoms with Crippen molar-refractivity contribution in [3.63, 3.8) is 0 Å². The van der Waals surface area contributed by atoms with E-state index in [1.165, 1.54) is 5.69 Å². The first-order chi connectivity index (χ1) is 8.74. The Labute approximate surface area is 109 Å². The lowest BCUT2D eigenvalue weighted by atomic mass is 10.3. The number of aromatic nitrogens is 2. The van der Waals surface area contributed by atoms with Gasteiger partial charge in [0.1, 0.15) is 5.82 Å². The molecular weight excluding hydrogens is 222 g/mol. The van der Waals surface area contributed by atoms with E-state index in [2.05, 4.69) is 58.8 Å². The normalized spacial score (nSPS) is 11.1. The van der Waals surface area contributed by atoms with Crippen LogP contribution >= 0.6 is 0 Å². The van der Waals surface area contributed by atoms with Gasteiger partial charge in [-0.25, -0.2) is 4.98 Å². The summed E-state index contributed by atoms with van der Waals surface area (Å²) in [4.78, 5) is 6.98. The predicted molar refractivity (Wildman–Crippen MR) is 74.9 cm³/mol. The second-order valence-electron chi connectivity index (χ2n) is 4.47. The van der Waals surface area contributed by atoms with Crippen molar-refractivity contribution < 1.29 is 0 Å². The molecule has 0 aromatic carbocycles. The topological polar surface area (TPSA) is 21.1 Å². The van der Waals surface area contributed by atoms with Gasteiger partial charge in [0.05, 0.1) is 0 Å². The van der Waals surface area contributed by atoms with Crippen LogP contribution in [-0.2, 0) is 6.54 Å². The van der Waals surface area contributed by atoms with Gasteiger partial charge in [0, 0.05) is 24.1 Å². The molecule has 0 saturated heterocycles. The zero-order valence-electron chi connectivity index (χ0n) is 11.4. The Kier molecular flexibility index (Phi) is 4.15. The van der Waals surface area contributed by atoms with E-state index in [4.69, 9.17) is 0 Å². The van der Waals surface area contributed by atoms with Crippen molar-refractivity contribution in [3.8, 4) is 5.82 Å². The third kappa shape index (κ3) is 2.79. The van der Waals surface area contributed by atoms with Crippen molar-refractivity contribution >= 4 is 0 Å². The first-order valence-corrected chi connectivity index (χ1v) is 6.57. The summed E-state index contributed by atoms with van der Waals surface area (Å²) in [6.07, 6.45) is 2.08. The lowest BCUT2D eigenvalue weighted by molar-refractivity contribution is 0.290. The first kappa shape index (κ1) is 12.8. The minimum Gasteiger partial charge on any atom is -0.304 e. The van der Waals surface area contributed by atoms with Crippen LogP contribution in [0.25, 0.3) is 5.82 Å². The molecule has 0 radical (unpaired) electrons. The smallest absolute Gasteiger partial charge is 0.137 e. The fraction of sp³-hybridized carbons (Fsp3) is 0.400. The van der Waals surface area contributed by atoms with E-state index in [1.54, 1.807) is 0 Å². The van der Waals surface area contributed by atoms with Crippen LogP contribution < -0.4 is 0 Å². The molecule has 0 aliphatic heterocycles. The summed E-state index contributed by atoms with van der Waals surface area (Å²) < 4.78 is 2.17. The van der Waals surface area contributed by atoms with E-state index in [1.807, 2.05) is 13.0 Å². The zero-order chi connectivity index (χ0) is 13.0. The second kappa shape index (κ2) is 5.83. The fourth-order valence-corrected chi connectivity index (χ4v) is 2.11. The SMILES string of the molecule is CCN(CC)Cc1cccn1-c1cccc(C)n1. The van der Waals surface area contributed by atoms with Gasteiger partial charge in [0.2, 0.25) is 0 Å². The largest absolute Gasteiger partial charge is 0.304 e. The lowest BCUT2D eigenvalue weighted by Gasteiger charge is -2.19. The van der Waals surface area contributed by atoms with Gasteiger partial charge in [-0.05, 0) is 44.3 Å². The Balaban J connectivity index is 2.27. The molecule has 0 fully saturated rings. The van der Waals surface area contributed by atoms with Crippen LogP contribution in [0.5, 0.6) is 0 Å². The van der Waals surface area contributed by atoms with Gasteiger partial charge in [-0.15, -0.1) is 0 Å². The Morgan fingerprint density at radius 3 is 2.56 bits per heavy atom. The van der Waals surface area contributed by atoms with Crippen LogP contribution in [0, 0.1) is 6.92 Å². The average Bonchev–Trinajstić information content (AvgIpc) is 2.84. The fourth-order valence-electron chi connectivity index (χ4n) is 2.11. The quantitative estimate of drug-likeness (QED) is 0.805. The van der Waals surface area contributed by atoms with Gasteiger partial charge < -0.3 is 4.57 Å². The Hall–Kier alpha value is -1.61. The van der Waals surface area contributed by atoms with Gasteiger partial charge >= 0.3 is 0 Å². The molecule has 0 spiro atoms. The molecule has 3 nitrogen and oxygen atoms in total. The molecule has 2 aromatic rings. The molecule has 2 aromatic heterocycles. The number of rotatable bonds is 5. The van der Waals surface area contributed by atoms with Crippen molar-refractivity contribution in [1.29, 1.82) is 0 Å². The molecule has 2 heterocycles. The summed E-state index contributed by atoms with van der Waals surface area (Å²) in [6, 6.07) is 10.4. The van der Waals surface area contributed by atoms with E-state index in [-0.39, 0.29) is 0 Å². The van der Waals surface area contributed by atoms with Gasteiger partial charge in [-0.3, -0.25) is 4.90 Å².